The standard InChI is InChI=1S/C9H7FIN3OS/c1-16-9(13-4-12)14-8-6(11)2-5(10)3-7(8)15/h2-3,15H,1H3,(H,13,14). The predicted molar refractivity (Wildman–Crippen MR) is 70.1 cm³/mol. The van der Waals surface area contributed by atoms with Gasteiger partial charge in [0.15, 0.2) is 11.4 Å². The van der Waals surface area contributed by atoms with Crippen molar-refractivity contribution in [1.29, 1.82) is 5.26 Å². The summed E-state index contributed by atoms with van der Waals surface area (Å²) in [7, 11) is 0. The van der Waals surface area contributed by atoms with Crippen LogP contribution in [0.2, 0.25) is 0 Å². The number of nitrogens with one attached hydrogen (secondary N) is 1. The molecule has 0 aliphatic carbocycles. The van der Waals surface area contributed by atoms with Gasteiger partial charge < -0.3 is 5.11 Å². The first-order chi connectivity index (χ1) is 7.58. The summed E-state index contributed by atoms with van der Waals surface area (Å²) < 4.78 is 13.4. The van der Waals surface area contributed by atoms with Crippen LogP contribution in [-0.2, 0) is 0 Å². The lowest BCUT2D eigenvalue weighted by molar-refractivity contribution is 0.470. The number of rotatable bonds is 1. The number of halogens is 2. The Morgan fingerprint density at radius 2 is 2.38 bits per heavy atom. The Kier molecular flexibility index (Phi) is 4.82. The van der Waals surface area contributed by atoms with Crippen LogP contribution in [0.1, 0.15) is 0 Å². The molecule has 0 radical (unpaired) electrons. The Labute approximate surface area is 110 Å². The molecule has 0 spiro atoms. The second-order valence-corrected chi connectivity index (χ2v) is 4.57. The summed E-state index contributed by atoms with van der Waals surface area (Å²) in [4.78, 5) is 4.03. The highest BCUT2D eigenvalue weighted by atomic mass is 127. The topological polar surface area (TPSA) is 68.4 Å². The van der Waals surface area contributed by atoms with Crippen LogP contribution in [-0.4, -0.2) is 16.5 Å². The second kappa shape index (κ2) is 5.91. The largest absolute Gasteiger partial charge is 0.506 e. The molecule has 16 heavy (non-hydrogen) atoms. The van der Waals surface area contributed by atoms with Crippen molar-refractivity contribution in [2.75, 3.05) is 6.26 Å². The van der Waals surface area contributed by atoms with Crippen LogP contribution in [0.3, 0.4) is 0 Å². The maximum absolute atomic E-state index is 12.9. The van der Waals surface area contributed by atoms with E-state index in [4.69, 9.17) is 5.26 Å². The maximum atomic E-state index is 12.9. The van der Waals surface area contributed by atoms with E-state index in [-0.39, 0.29) is 11.4 Å². The molecule has 0 aliphatic heterocycles. The minimum absolute atomic E-state index is 0.245. The number of nitriles is 1. The Hall–Kier alpha value is -1.01. The fourth-order valence-electron chi connectivity index (χ4n) is 0.937. The Morgan fingerprint density at radius 1 is 1.69 bits per heavy atom. The molecule has 0 bridgehead atoms. The summed E-state index contributed by atoms with van der Waals surface area (Å²) >= 11 is 3.08. The predicted octanol–water partition coefficient (Wildman–Crippen LogP) is 2.56. The van der Waals surface area contributed by atoms with Gasteiger partial charge in [-0.2, -0.15) is 5.26 Å². The molecular weight excluding hydrogens is 344 g/mol. The number of hydrogen-bond donors (Lipinski definition) is 2. The number of benzene rings is 1. The van der Waals surface area contributed by atoms with Gasteiger partial charge in [0.1, 0.15) is 17.3 Å². The van der Waals surface area contributed by atoms with Crippen LogP contribution in [0, 0.1) is 20.8 Å². The highest BCUT2D eigenvalue weighted by Crippen LogP contribution is 2.33. The van der Waals surface area contributed by atoms with Gasteiger partial charge >= 0.3 is 0 Å². The van der Waals surface area contributed by atoms with E-state index in [1.165, 1.54) is 17.8 Å². The van der Waals surface area contributed by atoms with Gasteiger partial charge in [-0.1, -0.05) is 11.8 Å². The van der Waals surface area contributed by atoms with E-state index in [2.05, 4.69) is 10.3 Å². The van der Waals surface area contributed by atoms with Gasteiger partial charge in [0.2, 0.25) is 0 Å². The number of hydrogen-bond acceptors (Lipinski definition) is 4. The van der Waals surface area contributed by atoms with E-state index in [0.29, 0.717) is 8.74 Å². The number of aliphatic imine (C=N–C) groups is 1. The van der Waals surface area contributed by atoms with E-state index >= 15 is 0 Å². The quantitative estimate of drug-likeness (QED) is 0.268. The van der Waals surface area contributed by atoms with Crippen molar-refractivity contribution in [2.45, 2.75) is 0 Å². The molecule has 1 rings (SSSR count). The minimum atomic E-state index is -0.528. The fraction of sp³-hybridized carbons (Fsp3) is 0.111. The van der Waals surface area contributed by atoms with Crippen LogP contribution in [0.5, 0.6) is 5.75 Å². The van der Waals surface area contributed by atoms with Crippen LogP contribution in [0.25, 0.3) is 0 Å². The molecule has 4 nitrogen and oxygen atoms in total. The zero-order valence-corrected chi connectivity index (χ0v) is 11.1. The fourth-order valence-corrected chi connectivity index (χ4v) is 1.96. The van der Waals surface area contributed by atoms with Gasteiger partial charge in [-0.25, -0.2) is 9.38 Å². The van der Waals surface area contributed by atoms with Crippen LogP contribution >= 0.6 is 34.4 Å². The van der Waals surface area contributed by atoms with Gasteiger partial charge in [-0.3, -0.25) is 5.32 Å². The van der Waals surface area contributed by atoms with Crippen molar-refractivity contribution >= 4 is 45.2 Å². The molecule has 0 aromatic heterocycles. The van der Waals surface area contributed by atoms with Gasteiger partial charge in [0.25, 0.3) is 0 Å². The maximum Gasteiger partial charge on any atom is 0.183 e. The normalized spacial score (nSPS) is 11.0. The third-order valence-electron chi connectivity index (χ3n) is 1.58. The second-order valence-electron chi connectivity index (χ2n) is 2.61. The van der Waals surface area contributed by atoms with Crippen LogP contribution in [0.15, 0.2) is 17.1 Å². The molecule has 1 aromatic carbocycles. The SMILES string of the molecule is CSC(=Nc1c(O)cc(F)cc1I)NC#N. The molecule has 84 valence electrons. The third kappa shape index (κ3) is 3.24. The smallest absolute Gasteiger partial charge is 0.183 e. The Bertz CT molecular complexity index is 449. The van der Waals surface area contributed by atoms with Crippen molar-refractivity contribution in [3.8, 4) is 11.9 Å². The lowest BCUT2D eigenvalue weighted by Crippen LogP contribution is -2.12. The number of nitrogens with zero attached hydrogens (tertiary/aromatic N) is 2. The lowest BCUT2D eigenvalue weighted by Gasteiger charge is -2.04. The zero-order chi connectivity index (χ0) is 12.1. The Balaban J connectivity index is 3.19. The summed E-state index contributed by atoms with van der Waals surface area (Å²) in [6.07, 6.45) is 3.46. The highest BCUT2D eigenvalue weighted by molar-refractivity contribution is 14.1. The van der Waals surface area contributed by atoms with Crippen molar-refractivity contribution in [3.05, 3.63) is 21.5 Å². The van der Waals surface area contributed by atoms with E-state index in [0.717, 1.165) is 6.07 Å². The molecule has 0 atom stereocenters. The van der Waals surface area contributed by atoms with Crippen molar-refractivity contribution in [2.24, 2.45) is 4.99 Å². The number of thioether (sulfide) groups is 1. The van der Waals surface area contributed by atoms with Gasteiger partial charge in [-0.05, 0) is 34.9 Å². The number of aromatic hydroxyl groups is 1. The molecule has 7 heteroatoms. The van der Waals surface area contributed by atoms with E-state index in [1.54, 1.807) is 12.4 Å². The summed E-state index contributed by atoms with van der Waals surface area (Å²) in [5, 5.41) is 20.7. The summed E-state index contributed by atoms with van der Waals surface area (Å²) in [6, 6.07) is 2.23. The molecule has 2 N–H and O–H groups in total. The molecule has 0 heterocycles. The lowest BCUT2D eigenvalue weighted by atomic mass is 10.3. The number of phenols is 1. The molecule has 0 saturated carbocycles. The van der Waals surface area contributed by atoms with E-state index in [9.17, 15) is 9.50 Å². The zero-order valence-electron chi connectivity index (χ0n) is 8.16. The molecule has 0 aliphatic rings. The molecular formula is C9H7FIN3OS. The molecule has 0 amide bonds. The minimum Gasteiger partial charge on any atom is -0.506 e. The molecule has 0 unspecified atom stereocenters. The summed E-state index contributed by atoms with van der Waals surface area (Å²) in [5.74, 6) is -0.782. The molecule has 1 aromatic rings. The summed E-state index contributed by atoms with van der Waals surface area (Å²) in [5.41, 5.74) is 0.245. The first-order valence-electron chi connectivity index (χ1n) is 4.04. The average Bonchev–Trinajstić information content (AvgIpc) is 2.21. The first-order valence-corrected chi connectivity index (χ1v) is 6.34. The molecule has 0 saturated heterocycles. The van der Waals surface area contributed by atoms with Crippen molar-refractivity contribution in [1.82, 2.24) is 5.32 Å². The van der Waals surface area contributed by atoms with Crippen LogP contribution < -0.4 is 5.32 Å². The number of phenolic OH excluding ortho intramolecular Hbond substituents is 1. The van der Waals surface area contributed by atoms with E-state index < -0.39 is 5.82 Å². The van der Waals surface area contributed by atoms with Crippen molar-refractivity contribution < 1.29 is 9.50 Å². The van der Waals surface area contributed by atoms with Gasteiger partial charge in [0, 0.05) is 9.64 Å². The average molecular weight is 351 g/mol. The van der Waals surface area contributed by atoms with Gasteiger partial charge in [-0.15, -0.1) is 0 Å². The monoisotopic (exact) mass is 351 g/mol. The van der Waals surface area contributed by atoms with Crippen molar-refractivity contribution in [3.63, 3.8) is 0 Å². The van der Waals surface area contributed by atoms with E-state index in [1.807, 2.05) is 22.6 Å². The third-order valence-corrected chi connectivity index (χ3v) is 2.98. The first kappa shape index (κ1) is 13.1. The Morgan fingerprint density at radius 3 is 2.88 bits per heavy atom. The van der Waals surface area contributed by atoms with Gasteiger partial charge in [0.05, 0.1) is 0 Å². The summed E-state index contributed by atoms with van der Waals surface area (Å²) in [6.45, 7) is 0. The number of amidine groups is 1. The highest BCUT2D eigenvalue weighted by Gasteiger charge is 2.09. The van der Waals surface area contributed by atoms with Crippen LogP contribution in [0.4, 0.5) is 10.1 Å². The molecule has 0 fully saturated rings.